The van der Waals surface area contributed by atoms with Crippen LogP contribution in [0.15, 0.2) is 54.6 Å². The Balaban J connectivity index is 2.30. The van der Waals surface area contributed by atoms with E-state index >= 15 is 0 Å². The van der Waals surface area contributed by atoms with E-state index in [1.54, 1.807) is 19.2 Å². The molecule has 1 atom stereocenters. The van der Waals surface area contributed by atoms with E-state index in [-0.39, 0.29) is 18.9 Å². The molecule has 0 heterocycles. The summed E-state index contributed by atoms with van der Waals surface area (Å²) in [6, 6.07) is 16.5. The van der Waals surface area contributed by atoms with Crippen LogP contribution >= 0.6 is 0 Å². The second-order valence-electron chi connectivity index (χ2n) is 4.67. The molecule has 110 valence electrons. The first-order valence-electron chi connectivity index (χ1n) is 6.84. The fourth-order valence-corrected chi connectivity index (χ4v) is 2.09. The monoisotopic (exact) mass is 285 g/mol. The summed E-state index contributed by atoms with van der Waals surface area (Å²) in [6.07, 6.45) is -0.689. The third kappa shape index (κ3) is 3.90. The minimum atomic E-state index is -0.689. The van der Waals surface area contributed by atoms with Crippen molar-refractivity contribution in [3.05, 3.63) is 65.7 Å². The number of benzene rings is 2. The summed E-state index contributed by atoms with van der Waals surface area (Å²) >= 11 is 0. The maximum atomic E-state index is 12.3. The van der Waals surface area contributed by atoms with Crippen molar-refractivity contribution in [1.82, 2.24) is 5.32 Å². The molecule has 21 heavy (non-hydrogen) atoms. The molecular weight excluding hydrogens is 266 g/mol. The minimum Gasteiger partial charge on any atom is -0.477 e. The molecule has 0 aliphatic rings. The number of para-hydroxylation sites is 1. The van der Waals surface area contributed by atoms with Crippen molar-refractivity contribution in [2.45, 2.75) is 12.7 Å². The highest BCUT2D eigenvalue weighted by atomic mass is 16.5. The van der Waals surface area contributed by atoms with Crippen LogP contribution in [0.25, 0.3) is 0 Å². The third-order valence-corrected chi connectivity index (χ3v) is 3.13. The van der Waals surface area contributed by atoms with Gasteiger partial charge in [0.1, 0.15) is 5.75 Å². The van der Waals surface area contributed by atoms with Gasteiger partial charge in [0.25, 0.3) is 0 Å². The maximum absolute atomic E-state index is 12.3. The van der Waals surface area contributed by atoms with Crippen LogP contribution in [0.4, 0.5) is 0 Å². The van der Waals surface area contributed by atoms with Crippen LogP contribution in [-0.4, -0.2) is 24.5 Å². The molecule has 2 aromatic carbocycles. The average Bonchev–Trinajstić information content (AvgIpc) is 2.54. The molecule has 0 aliphatic carbocycles. The number of nitrogens with one attached hydrogen (secondary N) is 1. The Hall–Kier alpha value is -2.17. The van der Waals surface area contributed by atoms with Gasteiger partial charge in [-0.2, -0.15) is 0 Å². The number of aliphatic hydroxyl groups is 1. The van der Waals surface area contributed by atoms with Crippen LogP contribution in [0.1, 0.15) is 17.2 Å². The summed E-state index contributed by atoms with van der Waals surface area (Å²) in [5, 5.41) is 12.2. The molecule has 0 spiro atoms. The number of likely N-dealkylation sites (N-methyl/N-ethyl adjacent to an activating group) is 1. The summed E-state index contributed by atoms with van der Waals surface area (Å²) < 4.78 is 5.89. The Bertz CT molecular complexity index is 584. The van der Waals surface area contributed by atoms with Crippen LogP contribution in [0.5, 0.6) is 5.75 Å². The summed E-state index contributed by atoms with van der Waals surface area (Å²) in [5.74, 6) is 0.467. The maximum Gasteiger partial charge on any atom is 0.191 e. The highest BCUT2D eigenvalue weighted by molar-refractivity contribution is 5.86. The SMILES string of the molecule is CNCC(=O)[C@@H](Oc1ccccc1CO)c1ccccc1. The fourth-order valence-electron chi connectivity index (χ4n) is 2.09. The number of rotatable bonds is 7. The smallest absolute Gasteiger partial charge is 0.191 e. The van der Waals surface area contributed by atoms with Crippen molar-refractivity contribution in [2.75, 3.05) is 13.6 Å². The first-order valence-corrected chi connectivity index (χ1v) is 6.84. The van der Waals surface area contributed by atoms with Crippen LogP contribution in [0.3, 0.4) is 0 Å². The first kappa shape index (κ1) is 15.2. The third-order valence-electron chi connectivity index (χ3n) is 3.13. The molecule has 0 saturated carbocycles. The van der Waals surface area contributed by atoms with Crippen molar-refractivity contribution in [1.29, 1.82) is 0 Å². The van der Waals surface area contributed by atoms with Gasteiger partial charge in [-0.25, -0.2) is 0 Å². The van der Waals surface area contributed by atoms with Crippen molar-refractivity contribution in [2.24, 2.45) is 0 Å². The Morgan fingerprint density at radius 2 is 1.81 bits per heavy atom. The normalized spacial score (nSPS) is 11.9. The van der Waals surface area contributed by atoms with Crippen molar-refractivity contribution in [3.63, 3.8) is 0 Å². The molecule has 0 bridgehead atoms. The molecule has 4 heteroatoms. The van der Waals surface area contributed by atoms with Gasteiger partial charge in [0, 0.05) is 5.56 Å². The largest absolute Gasteiger partial charge is 0.477 e. The van der Waals surface area contributed by atoms with Crippen LogP contribution in [-0.2, 0) is 11.4 Å². The van der Waals surface area contributed by atoms with Gasteiger partial charge >= 0.3 is 0 Å². The zero-order chi connectivity index (χ0) is 15.1. The lowest BCUT2D eigenvalue weighted by atomic mass is 10.1. The standard InChI is InChI=1S/C17H19NO3/c1-18-11-15(20)17(13-7-3-2-4-8-13)21-16-10-6-5-9-14(16)12-19/h2-10,17-19H,11-12H2,1H3/t17-/m0/s1. The Morgan fingerprint density at radius 3 is 2.48 bits per heavy atom. The second-order valence-corrected chi connectivity index (χ2v) is 4.67. The highest BCUT2D eigenvalue weighted by Gasteiger charge is 2.22. The number of ether oxygens (including phenoxy) is 1. The van der Waals surface area contributed by atoms with Gasteiger partial charge in [-0.15, -0.1) is 0 Å². The number of hydrogen-bond donors (Lipinski definition) is 2. The van der Waals surface area contributed by atoms with Gasteiger partial charge in [-0.3, -0.25) is 4.79 Å². The lowest BCUT2D eigenvalue weighted by Crippen LogP contribution is -2.28. The topological polar surface area (TPSA) is 58.6 Å². The van der Waals surface area contributed by atoms with Crippen molar-refractivity contribution >= 4 is 5.78 Å². The molecule has 0 saturated heterocycles. The van der Waals surface area contributed by atoms with E-state index in [1.807, 2.05) is 42.5 Å². The zero-order valence-electron chi connectivity index (χ0n) is 12.0. The number of hydrogen-bond acceptors (Lipinski definition) is 4. The predicted octanol–water partition coefficient (Wildman–Crippen LogP) is 2.09. The van der Waals surface area contributed by atoms with Gasteiger partial charge in [-0.1, -0.05) is 48.5 Å². The zero-order valence-corrected chi connectivity index (χ0v) is 12.0. The summed E-state index contributed by atoms with van der Waals surface area (Å²) in [5.41, 5.74) is 1.46. The van der Waals surface area contributed by atoms with E-state index in [2.05, 4.69) is 5.32 Å². The van der Waals surface area contributed by atoms with Crippen LogP contribution in [0, 0.1) is 0 Å². The van der Waals surface area contributed by atoms with Gasteiger partial charge in [-0.05, 0) is 18.7 Å². The number of carbonyl (C=O) groups excluding carboxylic acids is 1. The highest BCUT2D eigenvalue weighted by Crippen LogP contribution is 2.26. The molecule has 2 aromatic rings. The Labute approximate surface area is 124 Å². The van der Waals surface area contributed by atoms with Gasteiger partial charge in [0.15, 0.2) is 11.9 Å². The molecule has 2 N–H and O–H groups in total. The van der Waals surface area contributed by atoms with E-state index < -0.39 is 6.10 Å². The van der Waals surface area contributed by atoms with E-state index in [1.165, 1.54) is 0 Å². The fraction of sp³-hybridized carbons (Fsp3) is 0.235. The summed E-state index contributed by atoms with van der Waals surface area (Å²) in [7, 11) is 1.72. The predicted molar refractivity (Wildman–Crippen MR) is 81.1 cm³/mol. The minimum absolute atomic E-state index is 0.0588. The molecule has 0 aliphatic heterocycles. The molecule has 0 radical (unpaired) electrons. The van der Waals surface area contributed by atoms with E-state index in [0.29, 0.717) is 11.3 Å². The molecular formula is C17H19NO3. The second kappa shape index (κ2) is 7.57. The van der Waals surface area contributed by atoms with Crippen LogP contribution in [0.2, 0.25) is 0 Å². The molecule has 4 nitrogen and oxygen atoms in total. The van der Waals surface area contributed by atoms with Gasteiger partial charge in [0.05, 0.1) is 13.2 Å². The van der Waals surface area contributed by atoms with Crippen LogP contribution < -0.4 is 10.1 Å². The summed E-state index contributed by atoms with van der Waals surface area (Å²) in [4.78, 5) is 12.3. The quantitative estimate of drug-likeness (QED) is 0.818. The number of ketones is 1. The first-order chi connectivity index (χ1) is 10.3. The Morgan fingerprint density at radius 1 is 1.14 bits per heavy atom. The van der Waals surface area contributed by atoms with E-state index in [0.717, 1.165) is 5.56 Å². The van der Waals surface area contributed by atoms with E-state index in [9.17, 15) is 9.90 Å². The average molecular weight is 285 g/mol. The lowest BCUT2D eigenvalue weighted by molar-refractivity contribution is -0.125. The van der Waals surface area contributed by atoms with E-state index in [4.69, 9.17) is 4.74 Å². The molecule has 0 amide bonds. The molecule has 2 rings (SSSR count). The molecule has 0 fully saturated rings. The lowest BCUT2D eigenvalue weighted by Gasteiger charge is -2.20. The Kier molecular flexibility index (Phi) is 5.49. The molecule has 0 aromatic heterocycles. The number of carbonyl (C=O) groups is 1. The molecule has 0 unspecified atom stereocenters. The van der Waals surface area contributed by atoms with Gasteiger partial charge in [0.2, 0.25) is 0 Å². The summed E-state index contributed by atoms with van der Waals surface area (Å²) in [6.45, 7) is 0.0960. The van der Waals surface area contributed by atoms with Crippen molar-refractivity contribution < 1.29 is 14.6 Å². The van der Waals surface area contributed by atoms with Gasteiger partial charge < -0.3 is 15.2 Å². The number of Topliss-reactive ketones (excluding diaryl/α,β-unsaturated/α-hetero) is 1. The van der Waals surface area contributed by atoms with Crippen molar-refractivity contribution in [3.8, 4) is 5.75 Å². The number of aliphatic hydroxyl groups excluding tert-OH is 1.